The summed E-state index contributed by atoms with van der Waals surface area (Å²) in [6, 6.07) is 0. The number of nitrogens with zero attached hydrogens (tertiary/aromatic N) is 1. The molecule has 1 aliphatic rings. The monoisotopic (exact) mass is 228 g/mol. The predicted octanol–water partition coefficient (Wildman–Crippen LogP) is 0.0210. The van der Waals surface area contributed by atoms with Crippen molar-refractivity contribution in [3.05, 3.63) is 0 Å². The first kappa shape index (κ1) is 13.0. The summed E-state index contributed by atoms with van der Waals surface area (Å²) in [5, 5.41) is 11.9. The van der Waals surface area contributed by atoms with E-state index < -0.39 is 11.9 Å². The van der Waals surface area contributed by atoms with Crippen molar-refractivity contribution in [1.29, 1.82) is 0 Å². The van der Waals surface area contributed by atoms with Crippen LogP contribution in [0.2, 0.25) is 0 Å². The van der Waals surface area contributed by atoms with Gasteiger partial charge in [0, 0.05) is 25.6 Å². The van der Waals surface area contributed by atoms with Gasteiger partial charge < -0.3 is 15.3 Å². The summed E-state index contributed by atoms with van der Waals surface area (Å²) in [4.78, 5) is 24.5. The minimum atomic E-state index is -0.802. The molecule has 5 heteroatoms. The highest BCUT2D eigenvalue weighted by Gasteiger charge is 2.37. The third kappa shape index (κ3) is 2.72. The molecule has 0 saturated carbocycles. The molecule has 1 aliphatic heterocycles. The van der Waals surface area contributed by atoms with E-state index >= 15 is 0 Å². The zero-order chi connectivity index (χ0) is 12.3. The second-order valence-electron chi connectivity index (χ2n) is 4.62. The van der Waals surface area contributed by atoms with Gasteiger partial charge in [0.2, 0.25) is 5.91 Å². The van der Waals surface area contributed by atoms with Gasteiger partial charge in [0.15, 0.2) is 0 Å². The highest BCUT2D eigenvalue weighted by molar-refractivity contribution is 5.80. The largest absolute Gasteiger partial charge is 0.481 e. The fourth-order valence-corrected chi connectivity index (χ4v) is 2.17. The van der Waals surface area contributed by atoms with Gasteiger partial charge in [0.05, 0.1) is 5.92 Å². The van der Waals surface area contributed by atoms with Crippen LogP contribution in [0.1, 0.15) is 13.8 Å². The Kier molecular flexibility index (Phi) is 4.29. The Morgan fingerprint density at radius 3 is 2.56 bits per heavy atom. The third-order valence-corrected chi connectivity index (χ3v) is 3.17. The standard InChI is InChI=1S/C11H20N2O3/c1-7(4-12-3)10(14)13-5-8(2)9(6-13)11(15)16/h7-9,12H,4-6H2,1-3H3,(H,15,16)/t7?,8-,9-/m1/s1. The SMILES string of the molecule is CNCC(C)C(=O)N1C[C@@H](C)[C@H](C(=O)O)C1. The van der Waals surface area contributed by atoms with Crippen LogP contribution < -0.4 is 5.32 Å². The molecule has 0 radical (unpaired) electrons. The van der Waals surface area contributed by atoms with Crippen molar-refractivity contribution in [2.24, 2.45) is 17.8 Å². The summed E-state index contributed by atoms with van der Waals surface area (Å²) in [6.45, 7) is 5.28. The maximum Gasteiger partial charge on any atom is 0.308 e. The lowest BCUT2D eigenvalue weighted by Crippen LogP contribution is -2.37. The molecule has 1 rings (SSSR count). The van der Waals surface area contributed by atoms with E-state index in [0.29, 0.717) is 19.6 Å². The van der Waals surface area contributed by atoms with Crippen molar-refractivity contribution in [3.8, 4) is 0 Å². The van der Waals surface area contributed by atoms with Crippen molar-refractivity contribution >= 4 is 11.9 Å². The number of carbonyl (C=O) groups is 2. The summed E-state index contributed by atoms with van der Waals surface area (Å²) in [5.41, 5.74) is 0. The van der Waals surface area contributed by atoms with E-state index in [-0.39, 0.29) is 17.7 Å². The summed E-state index contributed by atoms with van der Waals surface area (Å²) < 4.78 is 0. The number of carbonyl (C=O) groups excluding carboxylic acids is 1. The molecule has 0 aromatic rings. The van der Waals surface area contributed by atoms with E-state index in [0.717, 1.165) is 0 Å². The number of carboxylic acids is 1. The second-order valence-corrected chi connectivity index (χ2v) is 4.62. The number of likely N-dealkylation sites (tertiary alicyclic amines) is 1. The van der Waals surface area contributed by atoms with Crippen LogP contribution in [0.25, 0.3) is 0 Å². The van der Waals surface area contributed by atoms with E-state index in [4.69, 9.17) is 5.11 Å². The van der Waals surface area contributed by atoms with E-state index in [1.54, 1.807) is 11.9 Å². The number of rotatable bonds is 4. The molecule has 1 saturated heterocycles. The fraction of sp³-hybridized carbons (Fsp3) is 0.818. The lowest BCUT2D eigenvalue weighted by molar-refractivity contribution is -0.142. The van der Waals surface area contributed by atoms with Crippen molar-refractivity contribution in [3.63, 3.8) is 0 Å². The average molecular weight is 228 g/mol. The molecule has 1 unspecified atom stereocenters. The molecule has 16 heavy (non-hydrogen) atoms. The van der Waals surface area contributed by atoms with E-state index in [2.05, 4.69) is 5.32 Å². The van der Waals surface area contributed by atoms with Crippen molar-refractivity contribution in [2.75, 3.05) is 26.7 Å². The predicted molar refractivity (Wildman–Crippen MR) is 60.0 cm³/mol. The molecule has 0 aromatic carbocycles. The molecule has 1 fully saturated rings. The topological polar surface area (TPSA) is 69.6 Å². The minimum absolute atomic E-state index is 0.0447. The van der Waals surface area contributed by atoms with Crippen LogP contribution in [0.5, 0.6) is 0 Å². The van der Waals surface area contributed by atoms with E-state index in [9.17, 15) is 9.59 Å². The average Bonchev–Trinajstić information content (AvgIpc) is 2.59. The van der Waals surface area contributed by atoms with Crippen molar-refractivity contribution in [2.45, 2.75) is 13.8 Å². The van der Waals surface area contributed by atoms with Crippen molar-refractivity contribution in [1.82, 2.24) is 10.2 Å². The maximum atomic E-state index is 11.9. The van der Waals surface area contributed by atoms with Crippen LogP contribution in [-0.2, 0) is 9.59 Å². The molecule has 0 bridgehead atoms. The molecule has 92 valence electrons. The van der Waals surface area contributed by atoms with Gasteiger partial charge in [-0.1, -0.05) is 13.8 Å². The number of aliphatic carboxylic acids is 1. The molecule has 1 heterocycles. The van der Waals surface area contributed by atoms with Gasteiger partial charge >= 0.3 is 5.97 Å². The molecule has 2 N–H and O–H groups in total. The summed E-state index contributed by atoms with van der Waals surface area (Å²) in [7, 11) is 1.80. The van der Waals surface area contributed by atoms with Gasteiger partial charge in [-0.2, -0.15) is 0 Å². The molecule has 5 nitrogen and oxygen atoms in total. The Labute approximate surface area is 95.8 Å². The van der Waals surface area contributed by atoms with Crippen LogP contribution in [0, 0.1) is 17.8 Å². The normalized spacial score (nSPS) is 26.8. The van der Waals surface area contributed by atoms with Gasteiger partial charge in [0.25, 0.3) is 0 Å². The number of hydrogen-bond acceptors (Lipinski definition) is 3. The first-order valence-corrected chi connectivity index (χ1v) is 5.63. The minimum Gasteiger partial charge on any atom is -0.481 e. The quantitative estimate of drug-likeness (QED) is 0.712. The number of nitrogens with one attached hydrogen (secondary N) is 1. The Morgan fingerprint density at radius 2 is 2.12 bits per heavy atom. The van der Waals surface area contributed by atoms with Gasteiger partial charge in [0.1, 0.15) is 0 Å². The molecule has 0 spiro atoms. The van der Waals surface area contributed by atoms with Crippen LogP contribution in [-0.4, -0.2) is 48.6 Å². The summed E-state index contributed by atoms with van der Waals surface area (Å²) in [5.74, 6) is -1.22. The molecule has 0 aromatic heterocycles. The first-order chi connectivity index (χ1) is 7.47. The third-order valence-electron chi connectivity index (χ3n) is 3.17. The Hall–Kier alpha value is -1.10. The smallest absolute Gasteiger partial charge is 0.308 e. The van der Waals surface area contributed by atoms with E-state index in [1.165, 1.54) is 0 Å². The zero-order valence-corrected chi connectivity index (χ0v) is 10.1. The van der Waals surface area contributed by atoms with Gasteiger partial charge in [-0.05, 0) is 13.0 Å². The van der Waals surface area contributed by atoms with Crippen LogP contribution in [0.3, 0.4) is 0 Å². The molecular formula is C11H20N2O3. The Bertz CT molecular complexity index is 280. The van der Waals surface area contributed by atoms with Gasteiger partial charge in [-0.3, -0.25) is 9.59 Å². The maximum absolute atomic E-state index is 11.9. The number of hydrogen-bond donors (Lipinski definition) is 2. The highest BCUT2D eigenvalue weighted by Crippen LogP contribution is 2.24. The number of amides is 1. The number of carboxylic acid groups (broad SMARTS) is 1. The van der Waals surface area contributed by atoms with Crippen LogP contribution in [0.15, 0.2) is 0 Å². The molecule has 3 atom stereocenters. The zero-order valence-electron chi connectivity index (χ0n) is 10.1. The molecular weight excluding hydrogens is 208 g/mol. The Balaban J connectivity index is 2.58. The van der Waals surface area contributed by atoms with Crippen LogP contribution >= 0.6 is 0 Å². The fourth-order valence-electron chi connectivity index (χ4n) is 2.17. The first-order valence-electron chi connectivity index (χ1n) is 5.63. The van der Waals surface area contributed by atoms with E-state index in [1.807, 2.05) is 13.8 Å². The van der Waals surface area contributed by atoms with Crippen molar-refractivity contribution < 1.29 is 14.7 Å². The summed E-state index contributed by atoms with van der Waals surface area (Å²) in [6.07, 6.45) is 0. The Morgan fingerprint density at radius 1 is 1.50 bits per heavy atom. The van der Waals surface area contributed by atoms with Gasteiger partial charge in [-0.25, -0.2) is 0 Å². The summed E-state index contributed by atoms with van der Waals surface area (Å²) >= 11 is 0. The van der Waals surface area contributed by atoms with Crippen LogP contribution in [0.4, 0.5) is 0 Å². The molecule has 1 amide bonds. The lowest BCUT2D eigenvalue weighted by atomic mass is 9.99. The van der Waals surface area contributed by atoms with Gasteiger partial charge in [-0.15, -0.1) is 0 Å². The second kappa shape index (κ2) is 5.30. The molecule has 0 aliphatic carbocycles. The highest BCUT2D eigenvalue weighted by atomic mass is 16.4. The lowest BCUT2D eigenvalue weighted by Gasteiger charge is -2.20.